The van der Waals surface area contributed by atoms with E-state index in [-0.39, 0.29) is 23.5 Å². The Morgan fingerprint density at radius 3 is 2.03 bits per heavy atom. The molecule has 2 rings (SSSR count). The van der Waals surface area contributed by atoms with Gasteiger partial charge in [-0.15, -0.1) is 5.10 Å². The van der Waals surface area contributed by atoms with Crippen LogP contribution in [0, 0.1) is 0 Å². The molecule has 0 radical (unpaired) electrons. The number of oxime groups is 1. The first-order valence-electron chi connectivity index (χ1n) is 14.3. The number of tetrazole rings is 1. The molecule has 37 heavy (non-hydrogen) atoms. The van der Waals surface area contributed by atoms with Crippen LogP contribution in [0.1, 0.15) is 135 Å². The summed E-state index contributed by atoms with van der Waals surface area (Å²) in [5.41, 5.74) is 3.09. The van der Waals surface area contributed by atoms with Gasteiger partial charge in [0.2, 0.25) is 11.5 Å². The van der Waals surface area contributed by atoms with Gasteiger partial charge >= 0.3 is 0 Å². The highest BCUT2D eigenvalue weighted by molar-refractivity contribution is 6.48. The van der Waals surface area contributed by atoms with E-state index >= 15 is 0 Å². The minimum Gasteiger partial charge on any atom is -0.395 e. The van der Waals surface area contributed by atoms with Crippen molar-refractivity contribution in [3.05, 3.63) is 35.2 Å². The minimum atomic E-state index is -0.373. The average molecular weight is 513 g/mol. The number of hydrogen-bond donors (Lipinski definition) is 1. The molecule has 2 aromatic rings. The van der Waals surface area contributed by atoms with E-state index in [4.69, 9.17) is 4.84 Å². The van der Waals surface area contributed by atoms with Crippen LogP contribution >= 0.6 is 0 Å². The molecule has 0 aliphatic rings. The second-order valence-corrected chi connectivity index (χ2v) is 10.3. The van der Waals surface area contributed by atoms with Crippen LogP contribution in [0.25, 0.3) is 0 Å². The van der Waals surface area contributed by atoms with Gasteiger partial charge in [-0.25, -0.2) is 4.68 Å². The maximum Gasteiger partial charge on any atom is 0.281 e. The Kier molecular flexibility index (Phi) is 13.9. The lowest BCUT2D eigenvalue weighted by molar-refractivity contribution is -0.110. The van der Waals surface area contributed by atoms with E-state index in [0.29, 0.717) is 19.0 Å². The number of rotatable bonds is 18. The van der Waals surface area contributed by atoms with Crippen LogP contribution in [0.4, 0.5) is 5.69 Å². The Morgan fingerprint density at radius 1 is 0.919 bits per heavy atom. The van der Waals surface area contributed by atoms with Crippen molar-refractivity contribution in [2.24, 2.45) is 5.16 Å². The van der Waals surface area contributed by atoms with Gasteiger partial charge in [0.15, 0.2) is 0 Å². The molecule has 8 heteroatoms. The molecule has 0 unspecified atom stereocenters. The highest BCUT2D eigenvalue weighted by Crippen LogP contribution is 2.32. The smallest absolute Gasteiger partial charge is 0.281 e. The van der Waals surface area contributed by atoms with Gasteiger partial charge in [-0.1, -0.05) is 116 Å². The summed E-state index contributed by atoms with van der Waals surface area (Å²) in [6.45, 7) is 13.6. The summed E-state index contributed by atoms with van der Waals surface area (Å²) >= 11 is 0. The molecule has 0 atom stereocenters. The molecular weight excluding hydrogens is 464 g/mol. The first-order chi connectivity index (χ1) is 17.9. The molecule has 0 aliphatic heterocycles. The van der Waals surface area contributed by atoms with Gasteiger partial charge in [-0.3, -0.25) is 4.79 Å². The molecule has 0 aliphatic carbocycles. The van der Waals surface area contributed by atoms with Crippen molar-refractivity contribution >= 4 is 17.3 Å². The molecular formula is C29H48N6O2. The van der Waals surface area contributed by atoms with Crippen molar-refractivity contribution in [2.45, 2.75) is 124 Å². The van der Waals surface area contributed by atoms with Crippen LogP contribution in [0.3, 0.4) is 0 Å². The highest BCUT2D eigenvalue weighted by Gasteiger charge is 2.25. The maximum atomic E-state index is 13.5. The van der Waals surface area contributed by atoms with Gasteiger partial charge in [0.25, 0.3) is 5.91 Å². The Labute approximate surface area is 223 Å². The fraction of sp³-hybridized carbons (Fsp3) is 0.690. The molecule has 0 bridgehead atoms. The number of anilines is 1. The summed E-state index contributed by atoms with van der Waals surface area (Å²) in [5.74, 6) is 0.462. The largest absolute Gasteiger partial charge is 0.395 e. The predicted molar refractivity (Wildman–Crippen MR) is 151 cm³/mol. The number of hydrogen-bond acceptors (Lipinski definition) is 6. The lowest BCUT2D eigenvalue weighted by Crippen LogP contribution is -2.29. The topological polar surface area (TPSA) is 94.3 Å². The monoisotopic (exact) mass is 512 g/mol. The van der Waals surface area contributed by atoms with Crippen LogP contribution in [0.2, 0.25) is 0 Å². The van der Waals surface area contributed by atoms with E-state index in [1.54, 1.807) is 4.68 Å². The van der Waals surface area contributed by atoms with Crippen LogP contribution in [-0.4, -0.2) is 38.4 Å². The van der Waals surface area contributed by atoms with E-state index < -0.39 is 0 Å². The Morgan fingerprint density at radius 2 is 1.49 bits per heavy atom. The summed E-state index contributed by atoms with van der Waals surface area (Å²) in [4.78, 5) is 18.8. The first kappa shape index (κ1) is 30.5. The van der Waals surface area contributed by atoms with Crippen molar-refractivity contribution < 1.29 is 9.63 Å². The highest BCUT2D eigenvalue weighted by atomic mass is 16.6. The predicted octanol–water partition coefficient (Wildman–Crippen LogP) is 7.22. The van der Waals surface area contributed by atoms with Gasteiger partial charge in [0.05, 0.1) is 0 Å². The zero-order valence-corrected chi connectivity index (χ0v) is 23.9. The Bertz CT molecular complexity index is 941. The third-order valence-corrected chi connectivity index (χ3v) is 6.58. The van der Waals surface area contributed by atoms with Gasteiger partial charge < -0.3 is 10.2 Å². The number of nitrogens with zero attached hydrogens (tertiary/aromatic N) is 5. The number of carbonyl (C=O) groups is 1. The quantitative estimate of drug-likeness (QED) is 0.129. The molecule has 0 fully saturated rings. The SMILES string of the molecule is CCCCCCCCCCCCn1nnnc1/C(=N\OCC)C(=O)Nc1c(C(C)C)cccc1C(C)C. The number of unbranched alkanes of at least 4 members (excludes halogenated alkanes) is 9. The van der Waals surface area contributed by atoms with E-state index in [1.165, 1.54) is 51.4 Å². The summed E-state index contributed by atoms with van der Waals surface area (Å²) < 4.78 is 1.67. The second-order valence-electron chi connectivity index (χ2n) is 10.3. The fourth-order valence-electron chi connectivity index (χ4n) is 4.45. The lowest BCUT2D eigenvalue weighted by atomic mass is 9.92. The number of aryl methyl sites for hydroxylation is 1. The van der Waals surface area contributed by atoms with Gasteiger partial charge in [0, 0.05) is 12.2 Å². The van der Waals surface area contributed by atoms with Crippen molar-refractivity contribution in [2.75, 3.05) is 11.9 Å². The summed E-state index contributed by atoms with van der Waals surface area (Å²) in [7, 11) is 0. The molecule has 0 saturated heterocycles. The number of amides is 1. The minimum absolute atomic E-state index is 0.0900. The molecule has 8 nitrogen and oxygen atoms in total. The number of benzene rings is 1. The molecule has 1 N–H and O–H groups in total. The number of para-hydroxylation sites is 1. The van der Waals surface area contributed by atoms with E-state index in [2.05, 4.69) is 72.7 Å². The van der Waals surface area contributed by atoms with Crippen molar-refractivity contribution in [3.8, 4) is 0 Å². The van der Waals surface area contributed by atoms with Gasteiger partial charge in [-0.2, -0.15) is 0 Å². The molecule has 1 amide bonds. The number of aromatic nitrogens is 4. The molecule has 1 aromatic heterocycles. The summed E-state index contributed by atoms with van der Waals surface area (Å²) in [5, 5.41) is 19.4. The second kappa shape index (κ2) is 16.9. The molecule has 0 saturated carbocycles. The average Bonchev–Trinajstić information content (AvgIpc) is 3.33. The van der Waals surface area contributed by atoms with Gasteiger partial charge in [-0.05, 0) is 46.7 Å². The third kappa shape index (κ3) is 9.90. The van der Waals surface area contributed by atoms with Crippen molar-refractivity contribution in [3.63, 3.8) is 0 Å². The Hall–Kier alpha value is -2.77. The first-order valence-corrected chi connectivity index (χ1v) is 14.3. The van der Waals surface area contributed by atoms with Crippen LogP contribution in [0.15, 0.2) is 23.4 Å². The molecule has 1 heterocycles. The maximum absolute atomic E-state index is 13.5. The van der Waals surface area contributed by atoms with E-state index in [9.17, 15) is 4.79 Å². The van der Waals surface area contributed by atoms with E-state index in [0.717, 1.165) is 29.7 Å². The van der Waals surface area contributed by atoms with Gasteiger partial charge in [0.1, 0.15) is 6.61 Å². The van der Waals surface area contributed by atoms with E-state index in [1.807, 2.05) is 13.0 Å². The summed E-state index contributed by atoms with van der Waals surface area (Å²) in [6, 6.07) is 6.16. The molecule has 206 valence electrons. The van der Waals surface area contributed by atoms with Crippen molar-refractivity contribution in [1.29, 1.82) is 0 Å². The molecule has 0 spiro atoms. The van der Waals surface area contributed by atoms with Crippen LogP contribution in [0.5, 0.6) is 0 Å². The normalized spacial score (nSPS) is 11.9. The van der Waals surface area contributed by atoms with Crippen LogP contribution < -0.4 is 5.32 Å². The number of carbonyl (C=O) groups excluding carboxylic acids is 1. The fourth-order valence-corrected chi connectivity index (χ4v) is 4.45. The Balaban J connectivity index is 2.06. The zero-order valence-electron chi connectivity index (χ0n) is 23.9. The summed E-state index contributed by atoms with van der Waals surface area (Å²) in [6.07, 6.45) is 12.5. The lowest BCUT2D eigenvalue weighted by Gasteiger charge is -2.20. The third-order valence-electron chi connectivity index (χ3n) is 6.58. The zero-order chi connectivity index (χ0) is 27.0. The molecule has 1 aromatic carbocycles. The van der Waals surface area contributed by atoms with Crippen LogP contribution in [-0.2, 0) is 16.2 Å². The number of nitrogens with one attached hydrogen (secondary N) is 1. The standard InChI is InChI=1S/C29H48N6O2/c1-7-9-10-11-12-13-14-15-16-17-21-35-28(31-33-34-35)27(32-37-8-2)29(36)30-26-24(22(3)4)19-18-20-25(26)23(5)6/h18-20,22-23H,7-17,21H2,1-6H3,(H,30,36)/b32-27+. The van der Waals surface area contributed by atoms with Crippen molar-refractivity contribution in [1.82, 2.24) is 20.2 Å².